The summed E-state index contributed by atoms with van der Waals surface area (Å²) in [6.45, 7) is 1.83. The molecular formula is C14H10Cl2O. The molecule has 2 aromatic carbocycles. The Balaban J connectivity index is 2.52. The molecule has 0 unspecified atom stereocenters. The molecule has 86 valence electrons. The zero-order valence-electron chi connectivity index (χ0n) is 9.21. The molecular weight excluding hydrogens is 255 g/mol. The number of rotatable bonds is 2. The van der Waals surface area contributed by atoms with E-state index in [1.165, 1.54) is 0 Å². The molecule has 3 heteroatoms. The summed E-state index contributed by atoms with van der Waals surface area (Å²) in [6.07, 6.45) is 0. The van der Waals surface area contributed by atoms with E-state index in [0.717, 1.165) is 5.56 Å². The highest BCUT2D eigenvalue weighted by atomic mass is 35.5. The van der Waals surface area contributed by atoms with Crippen LogP contribution in [0.5, 0.6) is 0 Å². The van der Waals surface area contributed by atoms with E-state index in [1.54, 1.807) is 42.5 Å². The van der Waals surface area contributed by atoms with Crippen LogP contribution in [0.3, 0.4) is 0 Å². The lowest BCUT2D eigenvalue weighted by molar-refractivity contribution is 0.103. The minimum Gasteiger partial charge on any atom is -0.289 e. The third kappa shape index (κ3) is 2.36. The van der Waals surface area contributed by atoms with Gasteiger partial charge in [0.25, 0.3) is 0 Å². The first-order valence-electron chi connectivity index (χ1n) is 5.15. The lowest BCUT2D eigenvalue weighted by Crippen LogP contribution is -2.04. The number of hydrogen-bond donors (Lipinski definition) is 0. The second kappa shape index (κ2) is 4.91. The molecule has 0 saturated carbocycles. The van der Waals surface area contributed by atoms with E-state index >= 15 is 0 Å². The summed E-state index contributed by atoms with van der Waals surface area (Å²) in [5.74, 6) is -0.101. The molecule has 1 nitrogen and oxygen atoms in total. The minimum atomic E-state index is -0.101. The van der Waals surface area contributed by atoms with E-state index < -0.39 is 0 Å². The van der Waals surface area contributed by atoms with Crippen molar-refractivity contribution < 1.29 is 4.79 Å². The standard InChI is InChI=1S/C14H10Cl2O/c1-9-10(6-4-8-12(9)15)14(17)11-5-2-3-7-13(11)16/h2-8H,1H3. The van der Waals surface area contributed by atoms with Gasteiger partial charge in [0.05, 0.1) is 5.02 Å². The maximum Gasteiger partial charge on any atom is 0.194 e. The Labute approximate surface area is 110 Å². The fourth-order valence-corrected chi connectivity index (χ4v) is 2.04. The summed E-state index contributed by atoms with van der Waals surface area (Å²) in [4.78, 5) is 12.3. The molecule has 2 rings (SSSR count). The number of halogens is 2. The molecule has 0 aromatic heterocycles. The van der Waals surface area contributed by atoms with Gasteiger partial charge in [-0.1, -0.05) is 47.5 Å². The van der Waals surface area contributed by atoms with Gasteiger partial charge in [0.15, 0.2) is 5.78 Å². The fraction of sp³-hybridized carbons (Fsp3) is 0.0714. The molecule has 2 aromatic rings. The Morgan fingerprint density at radius 3 is 2.18 bits per heavy atom. The lowest BCUT2D eigenvalue weighted by atomic mass is 9.99. The Kier molecular flexibility index (Phi) is 3.51. The summed E-state index contributed by atoms with van der Waals surface area (Å²) in [7, 11) is 0. The Morgan fingerprint density at radius 2 is 1.47 bits per heavy atom. The Hall–Kier alpha value is -1.31. The predicted octanol–water partition coefficient (Wildman–Crippen LogP) is 4.53. The summed E-state index contributed by atoms with van der Waals surface area (Å²) in [5, 5.41) is 1.04. The first kappa shape index (κ1) is 12.2. The predicted molar refractivity (Wildman–Crippen MR) is 71.1 cm³/mol. The van der Waals surface area contributed by atoms with E-state index in [0.29, 0.717) is 21.2 Å². The number of ketones is 1. The van der Waals surface area contributed by atoms with Crippen molar-refractivity contribution in [3.63, 3.8) is 0 Å². The average Bonchev–Trinajstić information content (AvgIpc) is 2.32. The van der Waals surface area contributed by atoms with Crippen LogP contribution >= 0.6 is 23.2 Å². The quantitative estimate of drug-likeness (QED) is 0.729. The molecule has 0 fully saturated rings. The van der Waals surface area contributed by atoms with Crippen molar-refractivity contribution in [1.29, 1.82) is 0 Å². The second-order valence-electron chi connectivity index (χ2n) is 3.72. The summed E-state index contributed by atoms with van der Waals surface area (Å²) in [5.41, 5.74) is 1.87. The van der Waals surface area contributed by atoms with Gasteiger partial charge in [-0.15, -0.1) is 0 Å². The van der Waals surface area contributed by atoms with Crippen LogP contribution in [0.4, 0.5) is 0 Å². The highest BCUT2D eigenvalue weighted by molar-refractivity contribution is 6.35. The second-order valence-corrected chi connectivity index (χ2v) is 4.54. The Morgan fingerprint density at radius 1 is 0.882 bits per heavy atom. The van der Waals surface area contributed by atoms with Gasteiger partial charge in [-0.25, -0.2) is 0 Å². The number of carbonyl (C=O) groups excluding carboxylic acids is 1. The summed E-state index contributed by atoms with van der Waals surface area (Å²) >= 11 is 12.0. The molecule has 0 aliphatic heterocycles. The zero-order valence-corrected chi connectivity index (χ0v) is 10.7. The van der Waals surface area contributed by atoms with Crippen molar-refractivity contribution in [2.75, 3.05) is 0 Å². The third-order valence-corrected chi connectivity index (χ3v) is 3.37. The topological polar surface area (TPSA) is 17.1 Å². The van der Waals surface area contributed by atoms with Crippen molar-refractivity contribution in [2.24, 2.45) is 0 Å². The van der Waals surface area contributed by atoms with E-state index in [4.69, 9.17) is 23.2 Å². The van der Waals surface area contributed by atoms with Gasteiger partial charge >= 0.3 is 0 Å². The fourth-order valence-electron chi connectivity index (χ4n) is 1.64. The van der Waals surface area contributed by atoms with Gasteiger partial charge in [-0.3, -0.25) is 4.79 Å². The number of carbonyl (C=O) groups is 1. The van der Waals surface area contributed by atoms with Crippen molar-refractivity contribution in [1.82, 2.24) is 0 Å². The molecule has 0 amide bonds. The van der Waals surface area contributed by atoms with Crippen molar-refractivity contribution in [3.05, 3.63) is 69.2 Å². The van der Waals surface area contributed by atoms with Crippen LogP contribution in [-0.2, 0) is 0 Å². The smallest absolute Gasteiger partial charge is 0.194 e. The van der Waals surface area contributed by atoms with Gasteiger partial charge in [-0.05, 0) is 30.7 Å². The van der Waals surface area contributed by atoms with Crippen LogP contribution in [0.15, 0.2) is 42.5 Å². The van der Waals surface area contributed by atoms with Crippen LogP contribution in [0.1, 0.15) is 21.5 Å². The first-order chi connectivity index (χ1) is 8.11. The average molecular weight is 265 g/mol. The van der Waals surface area contributed by atoms with Crippen molar-refractivity contribution in [2.45, 2.75) is 6.92 Å². The van der Waals surface area contributed by atoms with Crippen LogP contribution in [0.2, 0.25) is 10.0 Å². The molecule has 0 atom stereocenters. The summed E-state index contributed by atoms with van der Waals surface area (Å²) < 4.78 is 0. The third-order valence-electron chi connectivity index (χ3n) is 2.63. The first-order valence-corrected chi connectivity index (χ1v) is 5.91. The molecule has 0 aliphatic carbocycles. The Bertz CT molecular complexity index is 576. The molecule has 0 saturated heterocycles. The highest BCUT2D eigenvalue weighted by Crippen LogP contribution is 2.24. The maximum absolute atomic E-state index is 12.3. The molecule has 0 spiro atoms. The number of benzene rings is 2. The minimum absolute atomic E-state index is 0.101. The SMILES string of the molecule is Cc1c(Cl)cccc1C(=O)c1ccccc1Cl. The summed E-state index contributed by atoms with van der Waals surface area (Å²) in [6, 6.07) is 12.3. The van der Waals surface area contributed by atoms with E-state index in [9.17, 15) is 4.79 Å². The van der Waals surface area contributed by atoms with Crippen LogP contribution in [-0.4, -0.2) is 5.78 Å². The number of hydrogen-bond acceptors (Lipinski definition) is 1. The van der Waals surface area contributed by atoms with E-state index in [-0.39, 0.29) is 5.78 Å². The van der Waals surface area contributed by atoms with Crippen LogP contribution < -0.4 is 0 Å². The van der Waals surface area contributed by atoms with Gasteiger partial charge in [0.2, 0.25) is 0 Å². The van der Waals surface area contributed by atoms with Crippen LogP contribution in [0.25, 0.3) is 0 Å². The van der Waals surface area contributed by atoms with Gasteiger partial charge < -0.3 is 0 Å². The van der Waals surface area contributed by atoms with Crippen molar-refractivity contribution >= 4 is 29.0 Å². The molecule has 0 aliphatic rings. The van der Waals surface area contributed by atoms with Crippen molar-refractivity contribution in [3.8, 4) is 0 Å². The van der Waals surface area contributed by atoms with Crippen LogP contribution in [0, 0.1) is 6.92 Å². The van der Waals surface area contributed by atoms with Gasteiger partial charge in [0.1, 0.15) is 0 Å². The normalized spacial score (nSPS) is 10.3. The highest BCUT2D eigenvalue weighted by Gasteiger charge is 2.15. The van der Waals surface area contributed by atoms with Gasteiger partial charge in [0, 0.05) is 16.1 Å². The molecule has 17 heavy (non-hydrogen) atoms. The molecule has 0 heterocycles. The van der Waals surface area contributed by atoms with E-state index in [2.05, 4.69) is 0 Å². The maximum atomic E-state index is 12.3. The monoisotopic (exact) mass is 264 g/mol. The molecule has 0 radical (unpaired) electrons. The zero-order chi connectivity index (χ0) is 12.4. The largest absolute Gasteiger partial charge is 0.289 e. The van der Waals surface area contributed by atoms with Gasteiger partial charge in [-0.2, -0.15) is 0 Å². The van der Waals surface area contributed by atoms with E-state index in [1.807, 2.05) is 6.92 Å². The lowest BCUT2D eigenvalue weighted by Gasteiger charge is -2.07. The molecule has 0 N–H and O–H groups in total. The molecule has 0 bridgehead atoms.